The monoisotopic (exact) mass is 156 g/mol. The van der Waals surface area contributed by atoms with Crippen molar-refractivity contribution >= 4 is 11.9 Å². The van der Waals surface area contributed by atoms with Crippen LogP contribution in [0.25, 0.3) is 0 Å². The van der Waals surface area contributed by atoms with Crippen LogP contribution in [-0.4, -0.2) is 28.2 Å². The Morgan fingerprint density at radius 1 is 1.45 bits per heavy atom. The Morgan fingerprint density at radius 3 is 2.36 bits per heavy atom. The fourth-order valence-electron chi connectivity index (χ4n) is 0.575. The molecule has 0 aromatic rings. The zero-order valence-corrected chi connectivity index (χ0v) is 5.26. The molecule has 6 heteroatoms. The summed E-state index contributed by atoms with van der Waals surface area (Å²) >= 11 is 0. The molecule has 11 heavy (non-hydrogen) atoms. The van der Waals surface area contributed by atoms with Crippen molar-refractivity contribution in [2.45, 2.75) is 6.04 Å². The molecule has 0 amide bonds. The summed E-state index contributed by atoms with van der Waals surface area (Å²) in [6, 6.07) is -1.14. The number of rotatable bonds is 2. The number of carboxylic acid groups (broad SMARTS) is 2. The zero-order chi connectivity index (χ0) is 8.43. The Hall–Kier alpha value is -1.72. The van der Waals surface area contributed by atoms with E-state index in [2.05, 4.69) is 10.2 Å². The van der Waals surface area contributed by atoms with E-state index < -0.39 is 18.0 Å². The number of carboxylic acids is 2. The molecule has 0 saturated heterocycles. The molecule has 1 aliphatic rings. The molecule has 2 N–H and O–H groups in total. The van der Waals surface area contributed by atoms with Gasteiger partial charge in [-0.3, -0.25) is 0 Å². The van der Waals surface area contributed by atoms with Gasteiger partial charge >= 0.3 is 11.9 Å². The second-order valence-corrected chi connectivity index (χ2v) is 1.86. The summed E-state index contributed by atoms with van der Waals surface area (Å²) in [6.07, 6.45) is 0.977. The standard InChI is InChI=1S/C5H4N2O4/c8-4(9)2-1-3(5(10)11)7-6-2/h1-2H,(H,8,9)(H,10,11). The summed E-state index contributed by atoms with van der Waals surface area (Å²) < 4.78 is 0. The van der Waals surface area contributed by atoms with Gasteiger partial charge in [0.1, 0.15) is 0 Å². The molecule has 0 aliphatic carbocycles. The third-order valence-corrected chi connectivity index (χ3v) is 1.08. The molecule has 1 rings (SSSR count). The van der Waals surface area contributed by atoms with Crippen LogP contribution in [0.5, 0.6) is 0 Å². The fraction of sp³-hybridized carbons (Fsp3) is 0.200. The topological polar surface area (TPSA) is 99.3 Å². The molecule has 0 bridgehead atoms. The minimum absolute atomic E-state index is 0.322. The van der Waals surface area contributed by atoms with E-state index >= 15 is 0 Å². The second-order valence-electron chi connectivity index (χ2n) is 1.86. The molecule has 0 aromatic carbocycles. The number of carbonyl (C=O) groups is 2. The lowest BCUT2D eigenvalue weighted by Gasteiger charge is -1.89. The van der Waals surface area contributed by atoms with Crippen LogP contribution in [0.4, 0.5) is 0 Å². The van der Waals surface area contributed by atoms with Gasteiger partial charge < -0.3 is 10.2 Å². The van der Waals surface area contributed by atoms with Gasteiger partial charge in [-0.25, -0.2) is 9.59 Å². The van der Waals surface area contributed by atoms with Gasteiger partial charge in [-0.15, -0.1) is 5.11 Å². The van der Waals surface area contributed by atoms with Gasteiger partial charge in [-0.1, -0.05) is 0 Å². The molecule has 1 aliphatic heterocycles. The van der Waals surface area contributed by atoms with Gasteiger partial charge in [0.15, 0.2) is 11.7 Å². The summed E-state index contributed by atoms with van der Waals surface area (Å²) in [7, 11) is 0. The zero-order valence-electron chi connectivity index (χ0n) is 5.26. The summed E-state index contributed by atoms with van der Waals surface area (Å²) in [6.45, 7) is 0. The van der Waals surface area contributed by atoms with E-state index in [9.17, 15) is 9.59 Å². The summed E-state index contributed by atoms with van der Waals surface area (Å²) in [5.41, 5.74) is -0.322. The molecule has 1 heterocycles. The van der Waals surface area contributed by atoms with Gasteiger partial charge in [0, 0.05) is 0 Å². The first-order chi connectivity index (χ1) is 5.11. The normalized spacial score (nSPS) is 21.5. The molecule has 0 saturated carbocycles. The molecule has 0 aromatic heterocycles. The van der Waals surface area contributed by atoms with Crippen molar-refractivity contribution in [3.8, 4) is 0 Å². The highest BCUT2D eigenvalue weighted by Crippen LogP contribution is 2.12. The van der Waals surface area contributed by atoms with Gasteiger partial charge in [-0.2, -0.15) is 5.11 Å². The average Bonchev–Trinajstić information content (AvgIpc) is 2.33. The predicted molar refractivity (Wildman–Crippen MR) is 32.0 cm³/mol. The summed E-state index contributed by atoms with van der Waals surface area (Å²) in [5, 5.41) is 23.0. The van der Waals surface area contributed by atoms with E-state index in [1.54, 1.807) is 0 Å². The van der Waals surface area contributed by atoms with Crippen molar-refractivity contribution < 1.29 is 19.8 Å². The molecule has 0 radical (unpaired) electrons. The van der Waals surface area contributed by atoms with E-state index in [0.29, 0.717) is 0 Å². The highest BCUT2D eigenvalue weighted by atomic mass is 16.4. The van der Waals surface area contributed by atoms with E-state index in [1.807, 2.05) is 0 Å². The molecule has 1 atom stereocenters. The van der Waals surface area contributed by atoms with Crippen LogP contribution in [0.15, 0.2) is 22.0 Å². The number of hydrogen-bond donors (Lipinski definition) is 2. The smallest absolute Gasteiger partial charge is 0.356 e. The van der Waals surface area contributed by atoms with Crippen LogP contribution in [0.2, 0.25) is 0 Å². The van der Waals surface area contributed by atoms with Crippen molar-refractivity contribution in [1.29, 1.82) is 0 Å². The molecular weight excluding hydrogens is 152 g/mol. The van der Waals surface area contributed by atoms with Gasteiger partial charge in [0.25, 0.3) is 0 Å². The van der Waals surface area contributed by atoms with Gasteiger partial charge in [0.2, 0.25) is 0 Å². The number of hydrogen-bond acceptors (Lipinski definition) is 4. The van der Waals surface area contributed by atoms with E-state index in [1.165, 1.54) is 0 Å². The van der Waals surface area contributed by atoms with E-state index in [-0.39, 0.29) is 5.70 Å². The molecular formula is C5H4N2O4. The minimum Gasteiger partial charge on any atom is -0.479 e. The van der Waals surface area contributed by atoms with Crippen molar-refractivity contribution in [3.05, 3.63) is 11.8 Å². The first kappa shape index (κ1) is 7.39. The maximum absolute atomic E-state index is 10.2. The van der Waals surface area contributed by atoms with Crippen molar-refractivity contribution in [3.63, 3.8) is 0 Å². The first-order valence-electron chi connectivity index (χ1n) is 2.70. The van der Waals surface area contributed by atoms with Crippen LogP contribution in [0.3, 0.4) is 0 Å². The predicted octanol–water partition coefficient (Wildman–Crippen LogP) is -0.126. The SMILES string of the molecule is O=C(O)C1=CC(C(=O)O)N=N1. The minimum atomic E-state index is -1.27. The summed E-state index contributed by atoms with van der Waals surface area (Å²) in [5.74, 6) is -2.47. The first-order valence-corrected chi connectivity index (χ1v) is 2.70. The Kier molecular flexibility index (Phi) is 1.67. The Balaban J connectivity index is 2.79. The largest absolute Gasteiger partial charge is 0.479 e. The highest BCUT2D eigenvalue weighted by Gasteiger charge is 2.22. The fourth-order valence-corrected chi connectivity index (χ4v) is 0.575. The van der Waals surface area contributed by atoms with E-state index in [4.69, 9.17) is 10.2 Å². The Bertz CT molecular complexity index is 268. The second kappa shape index (κ2) is 2.49. The van der Waals surface area contributed by atoms with E-state index in [0.717, 1.165) is 6.08 Å². The Morgan fingerprint density at radius 2 is 2.09 bits per heavy atom. The van der Waals surface area contributed by atoms with Crippen molar-refractivity contribution in [2.75, 3.05) is 0 Å². The molecule has 6 nitrogen and oxygen atoms in total. The highest BCUT2D eigenvalue weighted by molar-refractivity contribution is 5.89. The quantitative estimate of drug-likeness (QED) is 0.581. The summed E-state index contributed by atoms with van der Waals surface area (Å²) in [4.78, 5) is 20.3. The average molecular weight is 156 g/mol. The molecule has 0 spiro atoms. The van der Waals surface area contributed by atoms with Gasteiger partial charge in [0.05, 0.1) is 0 Å². The third kappa shape index (κ3) is 1.40. The third-order valence-electron chi connectivity index (χ3n) is 1.08. The van der Waals surface area contributed by atoms with Gasteiger partial charge in [-0.05, 0) is 6.08 Å². The van der Waals surface area contributed by atoms with Crippen LogP contribution in [-0.2, 0) is 9.59 Å². The lowest BCUT2D eigenvalue weighted by molar-refractivity contribution is -0.137. The number of azo groups is 1. The Labute approximate surface area is 60.9 Å². The van der Waals surface area contributed by atoms with Crippen molar-refractivity contribution in [1.82, 2.24) is 0 Å². The lowest BCUT2D eigenvalue weighted by Crippen LogP contribution is -2.12. The van der Waals surface area contributed by atoms with Crippen LogP contribution in [0.1, 0.15) is 0 Å². The van der Waals surface area contributed by atoms with Crippen LogP contribution < -0.4 is 0 Å². The van der Waals surface area contributed by atoms with Crippen molar-refractivity contribution in [2.24, 2.45) is 10.2 Å². The maximum Gasteiger partial charge on any atom is 0.356 e. The lowest BCUT2D eigenvalue weighted by atomic mass is 10.3. The molecule has 1 unspecified atom stereocenters. The molecule has 0 fully saturated rings. The molecule has 58 valence electrons. The number of aliphatic carboxylic acids is 2. The maximum atomic E-state index is 10.2. The van der Waals surface area contributed by atoms with Crippen LogP contribution >= 0.6 is 0 Å². The number of nitrogens with zero attached hydrogens (tertiary/aromatic N) is 2. The van der Waals surface area contributed by atoms with Crippen LogP contribution in [0, 0.1) is 0 Å².